The van der Waals surface area contributed by atoms with Gasteiger partial charge in [0.25, 0.3) is 0 Å². The minimum absolute atomic E-state index is 1.05. The Balaban J connectivity index is 3.01. The van der Waals surface area contributed by atoms with Crippen molar-refractivity contribution >= 4 is 45.2 Å². The fraction of sp³-hybridized carbons (Fsp3) is 0.167. The Kier molecular flexibility index (Phi) is 3.17. The van der Waals surface area contributed by atoms with Gasteiger partial charge in [0, 0.05) is 10.6 Å². The third kappa shape index (κ3) is 2.03. The first-order valence-corrected chi connectivity index (χ1v) is 5.10. The average Bonchev–Trinajstić information content (AvgIpc) is 1.89. The SMILES string of the molecule is ICc1cccnc1I. The standard InChI is InChI=1S/C6H5I2N/c7-4-5-2-1-3-9-6(5)8/h1-3H,4H2. The van der Waals surface area contributed by atoms with Crippen molar-refractivity contribution in [3.63, 3.8) is 0 Å². The average molecular weight is 345 g/mol. The second kappa shape index (κ2) is 3.70. The molecule has 0 saturated carbocycles. The van der Waals surface area contributed by atoms with Gasteiger partial charge in [0.15, 0.2) is 0 Å². The van der Waals surface area contributed by atoms with Crippen molar-refractivity contribution in [2.24, 2.45) is 0 Å². The van der Waals surface area contributed by atoms with Crippen molar-refractivity contribution in [3.8, 4) is 0 Å². The van der Waals surface area contributed by atoms with Crippen LogP contribution in [0.4, 0.5) is 0 Å². The highest BCUT2D eigenvalue weighted by atomic mass is 127. The van der Waals surface area contributed by atoms with Crippen molar-refractivity contribution in [1.82, 2.24) is 4.98 Å². The van der Waals surface area contributed by atoms with Gasteiger partial charge in [-0.15, -0.1) is 0 Å². The van der Waals surface area contributed by atoms with E-state index < -0.39 is 0 Å². The van der Waals surface area contributed by atoms with E-state index in [1.807, 2.05) is 12.3 Å². The van der Waals surface area contributed by atoms with E-state index in [2.05, 4.69) is 56.2 Å². The van der Waals surface area contributed by atoms with Gasteiger partial charge in [-0.3, -0.25) is 4.98 Å². The molecule has 1 aromatic rings. The van der Waals surface area contributed by atoms with E-state index in [4.69, 9.17) is 0 Å². The summed E-state index contributed by atoms with van der Waals surface area (Å²) in [6.45, 7) is 0. The van der Waals surface area contributed by atoms with Crippen LogP contribution in [0.1, 0.15) is 5.56 Å². The van der Waals surface area contributed by atoms with Crippen LogP contribution in [0.3, 0.4) is 0 Å². The molecule has 0 unspecified atom stereocenters. The molecule has 0 aliphatic carbocycles. The van der Waals surface area contributed by atoms with Gasteiger partial charge >= 0.3 is 0 Å². The zero-order chi connectivity index (χ0) is 6.69. The zero-order valence-electron chi connectivity index (χ0n) is 4.64. The molecule has 3 heteroatoms. The molecular formula is C6H5I2N. The summed E-state index contributed by atoms with van der Waals surface area (Å²) < 4.78 is 2.16. The number of hydrogen-bond acceptors (Lipinski definition) is 1. The lowest BCUT2D eigenvalue weighted by Gasteiger charge is -1.94. The van der Waals surface area contributed by atoms with Gasteiger partial charge in [-0.1, -0.05) is 28.7 Å². The van der Waals surface area contributed by atoms with Gasteiger partial charge in [-0.2, -0.15) is 0 Å². The molecule has 1 aromatic heterocycles. The molecule has 1 heterocycles. The molecule has 1 nitrogen and oxygen atoms in total. The van der Waals surface area contributed by atoms with Crippen molar-refractivity contribution in [1.29, 1.82) is 0 Å². The number of pyridine rings is 1. The Hall–Kier alpha value is 0.610. The summed E-state index contributed by atoms with van der Waals surface area (Å²) in [6.07, 6.45) is 1.82. The predicted molar refractivity (Wildman–Crippen MR) is 54.7 cm³/mol. The maximum absolute atomic E-state index is 4.13. The second-order valence-corrected chi connectivity index (χ2v) is 3.37. The lowest BCUT2D eigenvalue weighted by Crippen LogP contribution is -1.85. The molecule has 0 radical (unpaired) electrons. The Morgan fingerprint density at radius 2 is 2.33 bits per heavy atom. The van der Waals surface area contributed by atoms with Crippen molar-refractivity contribution in [3.05, 3.63) is 27.6 Å². The fourth-order valence-corrected chi connectivity index (χ4v) is 2.40. The number of halogens is 2. The Labute approximate surface area is 81.5 Å². The monoisotopic (exact) mass is 345 g/mol. The summed E-state index contributed by atoms with van der Waals surface area (Å²) >= 11 is 4.58. The maximum atomic E-state index is 4.13. The largest absolute Gasteiger partial charge is 0.250 e. The molecular weight excluding hydrogens is 340 g/mol. The molecule has 48 valence electrons. The number of hydrogen-bond donors (Lipinski definition) is 0. The van der Waals surface area contributed by atoms with Crippen molar-refractivity contribution < 1.29 is 0 Å². The quantitative estimate of drug-likeness (QED) is 0.433. The molecule has 0 aliphatic heterocycles. The number of aromatic nitrogens is 1. The van der Waals surface area contributed by atoms with Gasteiger partial charge in [0.2, 0.25) is 0 Å². The van der Waals surface area contributed by atoms with Crippen LogP contribution in [0, 0.1) is 3.70 Å². The molecule has 0 saturated heterocycles. The van der Waals surface area contributed by atoms with Crippen molar-refractivity contribution in [2.45, 2.75) is 4.43 Å². The molecule has 0 fully saturated rings. The van der Waals surface area contributed by atoms with Crippen LogP contribution >= 0.6 is 45.2 Å². The van der Waals surface area contributed by atoms with Crippen LogP contribution in [-0.2, 0) is 4.43 Å². The van der Waals surface area contributed by atoms with Gasteiger partial charge < -0.3 is 0 Å². The summed E-state index contributed by atoms with van der Waals surface area (Å²) in [7, 11) is 0. The minimum atomic E-state index is 1.05. The lowest BCUT2D eigenvalue weighted by atomic mass is 10.3. The number of nitrogens with zero attached hydrogens (tertiary/aromatic N) is 1. The van der Waals surface area contributed by atoms with E-state index in [0.29, 0.717) is 0 Å². The van der Waals surface area contributed by atoms with E-state index in [1.54, 1.807) is 0 Å². The Bertz CT molecular complexity index is 200. The van der Waals surface area contributed by atoms with Gasteiger partial charge in [0.1, 0.15) is 3.70 Å². The molecule has 0 spiro atoms. The molecule has 0 bridgehead atoms. The maximum Gasteiger partial charge on any atom is 0.105 e. The highest BCUT2D eigenvalue weighted by Crippen LogP contribution is 2.11. The normalized spacial score (nSPS) is 9.56. The van der Waals surface area contributed by atoms with Gasteiger partial charge in [-0.05, 0) is 34.2 Å². The topological polar surface area (TPSA) is 12.9 Å². The first-order chi connectivity index (χ1) is 4.34. The minimum Gasteiger partial charge on any atom is -0.250 e. The fourth-order valence-electron chi connectivity index (χ4n) is 0.519. The molecule has 0 aliphatic rings. The molecule has 1 rings (SSSR count). The van der Waals surface area contributed by atoms with Crippen LogP contribution in [0.5, 0.6) is 0 Å². The second-order valence-electron chi connectivity index (χ2n) is 1.59. The van der Waals surface area contributed by atoms with Crippen LogP contribution in [0.2, 0.25) is 0 Å². The first-order valence-electron chi connectivity index (χ1n) is 2.50. The van der Waals surface area contributed by atoms with E-state index in [0.717, 1.165) is 8.13 Å². The van der Waals surface area contributed by atoms with Gasteiger partial charge in [0.05, 0.1) is 0 Å². The van der Waals surface area contributed by atoms with Crippen LogP contribution in [0.25, 0.3) is 0 Å². The van der Waals surface area contributed by atoms with Crippen LogP contribution in [0.15, 0.2) is 18.3 Å². The lowest BCUT2D eigenvalue weighted by molar-refractivity contribution is 1.21. The Morgan fingerprint density at radius 3 is 2.78 bits per heavy atom. The Morgan fingerprint density at radius 1 is 1.56 bits per heavy atom. The third-order valence-corrected chi connectivity index (χ3v) is 2.77. The summed E-state index contributed by atoms with van der Waals surface area (Å²) in [4.78, 5) is 4.13. The van der Waals surface area contributed by atoms with Crippen LogP contribution in [-0.4, -0.2) is 4.98 Å². The summed E-state index contributed by atoms with van der Waals surface area (Å²) in [5.41, 5.74) is 1.32. The van der Waals surface area contributed by atoms with Crippen molar-refractivity contribution in [2.75, 3.05) is 0 Å². The highest BCUT2D eigenvalue weighted by Gasteiger charge is 1.93. The molecule has 9 heavy (non-hydrogen) atoms. The zero-order valence-corrected chi connectivity index (χ0v) is 8.96. The van der Waals surface area contributed by atoms with E-state index >= 15 is 0 Å². The van der Waals surface area contributed by atoms with E-state index in [1.165, 1.54) is 5.56 Å². The van der Waals surface area contributed by atoms with E-state index in [-0.39, 0.29) is 0 Å². The third-order valence-electron chi connectivity index (χ3n) is 0.980. The molecule has 0 N–H and O–H groups in total. The smallest absolute Gasteiger partial charge is 0.105 e. The number of rotatable bonds is 1. The molecule has 0 amide bonds. The van der Waals surface area contributed by atoms with E-state index in [9.17, 15) is 0 Å². The summed E-state index contributed by atoms with van der Waals surface area (Å²) in [5.74, 6) is 0. The summed E-state index contributed by atoms with van der Waals surface area (Å²) in [6, 6.07) is 4.07. The molecule has 0 atom stereocenters. The summed E-state index contributed by atoms with van der Waals surface area (Å²) in [5, 5.41) is 0. The molecule has 0 aromatic carbocycles. The van der Waals surface area contributed by atoms with Gasteiger partial charge in [-0.25, -0.2) is 0 Å². The van der Waals surface area contributed by atoms with Crippen LogP contribution < -0.4 is 0 Å². The first kappa shape index (κ1) is 7.71. The number of alkyl halides is 1. The highest BCUT2D eigenvalue weighted by molar-refractivity contribution is 14.1. The predicted octanol–water partition coefficient (Wildman–Crippen LogP) is 2.62.